The van der Waals surface area contributed by atoms with Crippen molar-refractivity contribution >= 4 is 40.6 Å². The first kappa shape index (κ1) is 22.7. The fourth-order valence-electron chi connectivity index (χ4n) is 6.80. The van der Waals surface area contributed by atoms with Gasteiger partial charge in [-0.05, 0) is 89.0 Å². The normalized spacial score (nSPS) is 23.5. The van der Waals surface area contributed by atoms with Crippen LogP contribution in [0, 0.1) is 29.3 Å². The quantitative estimate of drug-likeness (QED) is 0.167. The second kappa shape index (κ2) is 8.25. The molecule has 0 spiro atoms. The Morgan fingerprint density at radius 1 is 0.757 bits per heavy atom. The zero-order valence-electron chi connectivity index (χ0n) is 20.4. The SMILES string of the molecule is Cc1cc(/C=N\N2C(=O)[C@H]3C4c5ccccc5C(c5ccccc54)[C@@H]3C2=O)c(C)n1-c1ccc(I)cc1. The molecule has 2 atom stereocenters. The number of hydrogen-bond acceptors (Lipinski definition) is 3. The van der Waals surface area contributed by atoms with Gasteiger partial charge in [0.1, 0.15) is 0 Å². The maximum Gasteiger partial charge on any atom is 0.254 e. The number of aryl methyl sites for hydroxylation is 1. The highest BCUT2D eigenvalue weighted by molar-refractivity contribution is 14.1. The Kier molecular flexibility index (Phi) is 5.05. The number of imide groups is 1. The van der Waals surface area contributed by atoms with Gasteiger partial charge in [0.25, 0.3) is 11.8 Å². The van der Waals surface area contributed by atoms with Gasteiger partial charge in [-0.25, -0.2) is 0 Å². The van der Waals surface area contributed by atoms with E-state index in [9.17, 15) is 9.59 Å². The Bertz CT molecular complexity index is 1520. The van der Waals surface area contributed by atoms with Gasteiger partial charge in [0.2, 0.25) is 0 Å². The van der Waals surface area contributed by atoms with Crippen LogP contribution in [0.1, 0.15) is 51.0 Å². The Hall–Kier alpha value is -3.52. The highest BCUT2D eigenvalue weighted by Gasteiger charge is 2.61. The third-order valence-corrected chi connectivity index (χ3v) is 9.01. The summed E-state index contributed by atoms with van der Waals surface area (Å²) in [6.07, 6.45) is 1.67. The molecule has 0 unspecified atom stereocenters. The number of hydrazone groups is 1. The second-order valence-electron chi connectivity index (χ2n) is 10.1. The zero-order chi connectivity index (χ0) is 25.4. The lowest BCUT2D eigenvalue weighted by molar-refractivity contribution is -0.139. The van der Waals surface area contributed by atoms with Crippen molar-refractivity contribution in [3.8, 4) is 5.69 Å². The molecule has 4 aromatic rings. The molecule has 1 fully saturated rings. The summed E-state index contributed by atoms with van der Waals surface area (Å²) in [5.41, 5.74) is 8.71. The number of hydrogen-bond donors (Lipinski definition) is 0. The Morgan fingerprint density at radius 3 is 1.73 bits per heavy atom. The van der Waals surface area contributed by atoms with Crippen LogP contribution in [-0.4, -0.2) is 27.6 Å². The maximum absolute atomic E-state index is 13.8. The van der Waals surface area contributed by atoms with E-state index < -0.39 is 11.8 Å². The molecule has 2 heterocycles. The van der Waals surface area contributed by atoms with E-state index in [0.29, 0.717) is 0 Å². The van der Waals surface area contributed by atoms with E-state index in [0.717, 1.165) is 27.6 Å². The summed E-state index contributed by atoms with van der Waals surface area (Å²) in [6, 6.07) is 26.9. The molecule has 2 bridgehead atoms. The summed E-state index contributed by atoms with van der Waals surface area (Å²) < 4.78 is 3.34. The molecule has 1 aliphatic heterocycles. The molecule has 0 N–H and O–H groups in total. The van der Waals surface area contributed by atoms with Crippen molar-refractivity contribution in [3.63, 3.8) is 0 Å². The van der Waals surface area contributed by atoms with E-state index in [1.807, 2.05) is 37.3 Å². The van der Waals surface area contributed by atoms with Crippen molar-refractivity contribution in [2.45, 2.75) is 25.7 Å². The topological polar surface area (TPSA) is 54.7 Å². The lowest BCUT2D eigenvalue weighted by atomic mass is 9.55. The largest absolute Gasteiger partial charge is 0.318 e. The molecule has 6 heteroatoms. The zero-order valence-corrected chi connectivity index (χ0v) is 22.6. The summed E-state index contributed by atoms with van der Waals surface area (Å²) in [4.78, 5) is 27.6. The first-order valence-corrected chi connectivity index (χ1v) is 13.6. The number of rotatable bonds is 3. The van der Waals surface area contributed by atoms with E-state index in [2.05, 4.69) is 87.7 Å². The predicted molar refractivity (Wildman–Crippen MR) is 151 cm³/mol. The summed E-state index contributed by atoms with van der Waals surface area (Å²) in [6.45, 7) is 4.09. The number of aromatic nitrogens is 1. The minimum absolute atomic E-state index is 0.120. The van der Waals surface area contributed by atoms with Crippen LogP contribution in [0.25, 0.3) is 5.69 Å². The van der Waals surface area contributed by atoms with Gasteiger partial charge in [-0.3, -0.25) is 9.59 Å². The van der Waals surface area contributed by atoms with Crippen LogP contribution >= 0.6 is 22.6 Å². The summed E-state index contributed by atoms with van der Waals surface area (Å²) >= 11 is 2.30. The first-order chi connectivity index (χ1) is 18.0. The van der Waals surface area contributed by atoms with Gasteiger partial charge in [0.05, 0.1) is 18.1 Å². The lowest BCUT2D eigenvalue weighted by Gasteiger charge is -2.45. The Balaban J connectivity index is 1.26. The van der Waals surface area contributed by atoms with Gasteiger partial charge in [0.15, 0.2) is 0 Å². The van der Waals surface area contributed by atoms with Gasteiger partial charge >= 0.3 is 0 Å². The molecule has 0 radical (unpaired) electrons. The van der Waals surface area contributed by atoms with Crippen LogP contribution < -0.4 is 0 Å². The highest BCUT2D eigenvalue weighted by Crippen LogP contribution is 2.60. The molecule has 5 nitrogen and oxygen atoms in total. The fourth-order valence-corrected chi connectivity index (χ4v) is 7.16. The van der Waals surface area contributed by atoms with Crippen LogP contribution in [0.5, 0.6) is 0 Å². The maximum atomic E-state index is 13.8. The number of amides is 2. The molecular formula is C31H24IN3O2. The number of carbonyl (C=O) groups excluding carboxylic acids is 2. The third kappa shape index (κ3) is 3.18. The van der Waals surface area contributed by atoms with Gasteiger partial charge < -0.3 is 4.57 Å². The van der Waals surface area contributed by atoms with Crippen molar-refractivity contribution in [1.29, 1.82) is 0 Å². The summed E-state index contributed by atoms with van der Waals surface area (Å²) in [5.74, 6) is -1.47. The van der Waals surface area contributed by atoms with E-state index in [1.54, 1.807) is 6.21 Å². The molecule has 1 aromatic heterocycles. The Labute approximate surface area is 228 Å². The number of halogens is 1. The van der Waals surface area contributed by atoms with Crippen LogP contribution in [0.3, 0.4) is 0 Å². The summed E-state index contributed by atoms with van der Waals surface area (Å²) in [7, 11) is 0. The monoisotopic (exact) mass is 597 g/mol. The van der Waals surface area contributed by atoms with Crippen LogP contribution in [-0.2, 0) is 9.59 Å². The van der Waals surface area contributed by atoms with E-state index in [4.69, 9.17) is 0 Å². The molecule has 4 aliphatic rings. The standard InChI is InChI=1S/C31H24IN3O2/c1-17-15-19(18(2)34(17)21-13-11-20(32)12-14-21)16-33-35-30(36)28-26-22-7-3-4-8-23(22)27(29(28)31(35)37)25-10-6-5-9-24(25)26/h3-16,26-29H,1-2H3/b33-16-/t26?,27?,28-,29-/m0/s1. The van der Waals surface area contributed by atoms with E-state index >= 15 is 0 Å². The van der Waals surface area contributed by atoms with Crippen molar-refractivity contribution < 1.29 is 9.59 Å². The smallest absolute Gasteiger partial charge is 0.254 e. The highest BCUT2D eigenvalue weighted by atomic mass is 127. The molecule has 2 amide bonds. The molecule has 8 rings (SSSR count). The van der Waals surface area contributed by atoms with Crippen molar-refractivity contribution in [3.05, 3.63) is 122 Å². The van der Waals surface area contributed by atoms with Crippen LogP contribution in [0.4, 0.5) is 0 Å². The molecular weight excluding hydrogens is 573 g/mol. The summed E-state index contributed by atoms with van der Waals surface area (Å²) in [5, 5.41) is 5.66. The van der Waals surface area contributed by atoms with Gasteiger partial charge in [-0.2, -0.15) is 10.1 Å². The number of benzene rings is 3. The van der Waals surface area contributed by atoms with Gasteiger partial charge in [-0.1, -0.05) is 48.5 Å². The molecule has 1 saturated heterocycles. The Morgan fingerprint density at radius 2 is 1.24 bits per heavy atom. The second-order valence-corrected chi connectivity index (χ2v) is 11.4. The van der Waals surface area contributed by atoms with Crippen molar-refractivity contribution in [2.75, 3.05) is 0 Å². The number of carbonyl (C=O) groups is 2. The third-order valence-electron chi connectivity index (χ3n) is 8.29. The average molecular weight is 597 g/mol. The van der Waals surface area contributed by atoms with Crippen molar-refractivity contribution in [1.82, 2.24) is 9.58 Å². The molecule has 0 saturated carbocycles. The average Bonchev–Trinajstić information content (AvgIpc) is 3.34. The molecule has 182 valence electrons. The van der Waals surface area contributed by atoms with Gasteiger partial charge in [-0.15, -0.1) is 0 Å². The van der Waals surface area contributed by atoms with E-state index in [1.165, 1.54) is 25.8 Å². The molecule has 3 aliphatic carbocycles. The van der Waals surface area contributed by atoms with Crippen molar-refractivity contribution in [2.24, 2.45) is 16.9 Å². The minimum atomic E-state index is -0.418. The predicted octanol–water partition coefficient (Wildman–Crippen LogP) is 5.92. The first-order valence-electron chi connectivity index (χ1n) is 12.5. The van der Waals surface area contributed by atoms with Crippen LogP contribution in [0.2, 0.25) is 0 Å². The lowest BCUT2D eigenvalue weighted by Crippen LogP contribution is -2.41. The molecule has 3 aromatic carbocycles. The van der Waals surface area contributed by atoms with Crippen LogP contribution in [0.15, 0.2) is 84.0 Å². The minimum Gasteiger partial charge on any atom is -0.318 e. The van der Waals surface area contributed by atoms with E-state index in [-0.39, 0.29) is 23.7 Å². The fraction of sp³-hybridized carbons (Fsp3) is 0.194. The number of nitrogens with zero attached hydrogens (tertiary/aromatic N) is 3. The van der Waals surface area contributed by atoms with Gasteiger partial charge in [0, 0.05) is 38.0 Å². The molecule has 37 heavy (non-hydrogen) atoms.